The number of carbonyl (C=O) groups excluding carboxylic acids is 1. The van der Waals surface area contributed by atoms with Crippen LogP contribution in [-0.4, -0.2) is 35.1 Å². The summed E-state index contributed by atoms with van der Waals surface area (Å²) in [5, 5.41) is 8.98. The zero-order valence-electron chi connectivity index (χ0n) is 10.2. The third-order valence-corrected chi connectivity index (χ3v) is 3.81. The van der Waals surface area contributed by atoms with E-state index in [2.05, 4.69) is 10.2 Å². The number of nitrogens with two attached hydrogens (primary N) is 1. The first kappa shape index (κ1) is 11.8. The Balaban J connectivity index is 2.74. The number of fused-ring (bicyclic) bond motifs is 1. The summed E-state index contributed by atoms with van der Waals surface area (Å²) in [4.78, 5) is 14.7. The molecule has 2 aromatic heterocycles. The van der Waals surface area contributed by atoms with Crippen LogP contribution in [0.15, 0.2) is 0 Å². The number of nitrogen functional groups attached to an aromatic ring is 1. The number of rotatable bonds is 1. The fourth-order valence-electron chi connectivity index (χ4n) is 1.60. The van der Waals surface area contributed by atoms with E-state index in [1.165, 1.54) is 16.2 Å². The predicted molar refractivity (Wildman–Crippen MR) is 69.3 cm³/mol. The molecular formula is C11H14N4OS. The minimum absolute atomic E-state index is 0.0949. The van der Waals surface area contributed by atoms with Gasteiger partial charge in [-0.1, -0.05) is 0 Å². The molecule has 0 saturated heterocycles. The summed E-state index contributed by atoms with van der Waals surface area (Å²) in [5.74, 6) is -0.0949. The maximum atomic E-state index is 11.9. The van der Waals surface area contributed by atoms with Crippen LogP contribution in [0, 0.1) is 13.8 Å². The second-order valence-corrected chi connectivity index (χ2v) is 5.13. The molecule has 1 amide bonds. The summed E-state index contributed by atoms with van der Waals surface area (Å²) >= 11 is 1.29. The molecule has 6 heteroatoms. The van der Waals surface area contributed by atoms with Crippen molar-refractivity contribution in [2.45, 2.75) is 13.8 Å². The van der Waals surface area contributed by atoms with E-state index in [0.717, 1.165) is 21.5 Å². The van der Waals surface area contributed by atoms with Gasteiger partial charge in [-0.25, -0.2) is 0 Å². The lowest BCUT2D eigenvalue weighted by atomic mass is 10.1. The smallest absolute Gasteiger partial charge is 0.265 e. The van der Waals surface area contributed by atoms with Crippen molar-refractivity contribution in [3.05, 3.63) is 16.1 Å². The molecular weight excluding hydrogens is 236 g/mol. The average Bonchev–Trinajstić information content (AvgIpc) is 2.61. The maximum Gasteiger partial charge on any atom is 0.265 e. The van der Waals surface area contributed by atoms with Gasteiger partial charge in [0.25, 0.3) is 5.91 Å². The van der Waals surface area contributed by atoms with Gasteiger partial charge in [0.05, 0.1) is 11.4 Å². The highest BCUT2D eigenvalue weighted by Gasteiger charge is 2.20. The van der Waals surface area contributed by atoms with Gasteiger partial charge < -0.3 is 10.6 Å². The summed E-state index contributed by atoms with van der Waals surface area (Å²) in [5.41, 5.74) is 8.38. The van der Waals surface area contributed by atoms with E-state index in [-0.39, 0.29) is 5.91 Å². The molecule has 0 fully saturated rings. The minimum Gasteiger partial charge on any atom is -0.397 e. The number of hydrogen-bond acceptors (Lipinski definition) is 5. The van der Waals surface area contributed by atoms with E-state index in [9.17, 15) is 4.79 Å². The Morgan fingerprint density at radius 1 is 1.29 bits per heavy atom. The Hall–Kier alpha value is -1.69. The lowest BCUT2D eigenvalue weighted by molar-refractivity contribution is 0.0833. The fourth-order valence-corrected chi connectivity index (χ4v) is 2.72. The summed E-state index contributed by atoms with van der Waals surface area (Å²) < 4.78 is 0. The van der Waals surface area contributed by atoms with Gasteiger partial charge in [0.15, 0.2) is 0 Å². The number of hydrogen-bond donors (Lipinski definition) is 1. The summed E-state index contributed by atoms with van der Waals surface area (Å²) in [6.07, 6.45) is 0. The zero-order valence-corrected chi connectivity index (χ0v) is 11.1. The van der Waals surface area contributed by atoms with Gasteiger partial charge >= 0.3 is 0 Å². The molecule has 0 spiro atoms. The van der Waals surface area contributed by atoms with Gasteiger partial charge in [-0.3, -0.25) is 4.79 Å². The molecule has 0 radical (unpaired) electrons. The van der Waals surface area contributed by atoms with E-state index in [4.69, 9.17) is 5.73 Å². The van der Waals surface area contributed by atoms with Crippen LogP contribution in [0.4, 0.5) is 5.69 Å². The van der Waals surface area contributed by atoms with E-state index in [1.54, 1.807) is 14.1 Å². The number of amides is 1. The van der Waals surface area contributed by atoms with Crippen molar-refractivity contribution in [1.82, 2.24) is 15.1 Å². The Bertz CT molecular complexity index is 603. The molecule has 17 heavy (non-hydrogen) atoms. The van der Waals surface area contributed by atoms with Crippen LogP contribution in [0.2, 0.25) is 0 Å². The molecule has 0 aliphatic heterocycles. The fraction of sp³-hybridized carbons (Fsp3) is 0.364. The molecule has 90 valence electrons. The van der Waals surface area contributed by atoms with Gasteiger partial charge in [0.2, 0.25) is 0 Å². The van der Waals surface area contributed by atoms with Crippen molar-refractivity contribution in [1.29, 1.82) is 0 Å². The van der Waals surface area contributed by atoms with E-state index < -0.39 is 0 Å². The molecule has 0 atom stereocenters. The lowest BCUT2D eigenvalue weighted by Crippen LogP contribution is -2.21. The molecule has 0 unspecified atom stereocenters. The highest BCUT2D eigenvalue weighted by Crippen LogP contribution is 2.35. The Kier molecular flexibility index (Phi) is 2.74. The van der Waals surface area contributed by atoms with Crippen molar-refractivity contribution in [3.63, 3.8) is 0 Å². The van der Waals surface area contributed by atoms with Crippen LogP contribution in [0.1, 0.15) is 20.9 Å². The summed E-state index contributed by atoms with van der Waals surface area (Å²) in [7, 11) is 3.41. The molecule has 0 aliphatic rings. The van der Waals surface area contributed by atoms with Gasteiger partial charge in [0, 0.05) is 19.5 Å². The molecule has 0 bridgehead atoms. The van der Waals surface area contributed by atoms with Crippen LogP contribution >= 0.6 is 11.3 Å². The first-order valence-electron chi connectivity index (χ1n) is 5.17. The third-order valence-electron chi connectivity index (χ3n) is 2.74. The quantitative estimate of drug-likeness (QED) is 0.834. The molecule has 0 aromatic carbocycles. The largest absolute Gasteiger partial charge is 0.397 e. The van der Waals surface area contributed by atoms with Crippen LogP contribution in [0.3, 0.4) is 0 Å². The Morgan fingerprint density at radius 2 is 1.94 bits per heavy atom. The predicted octanol–water partition coefficient (Wildman–Crippen LogP) is 1.59. The monoisotopic (exact) mass is 250 g/mol. The van der Waals surface area contributed by atoms with Crippen molar-refractivity contribution < 1.29 is 4.79 Å². The molecule has 2 N–H and O–H groups in total. The van der Waals surface area contributed by atoms with Crippen molar-refractivity contribution in [2.24, 2.45) is 0 Å². The Morgan fingerprint density at radius 3 is 2.53 bits per heavy atom. The normalized spacial score (nSPS) is 10.8. The second-order valence-electron chi connectivity index (χ2n) is 4.14. The van der Waals surface area contributed by atoms with Crippen LogP contribution in [0.5, 0.6) is 0 Å². The number of carbonyl (C=O) groups is 1. The number of aromatic nitrogens is 2. The topological polar surface area (TPSA) is 72.1 Å². The lowest BCUT2D eigenvalue weighted by Gasteiger charge is -2.08. The summed E-state index contributed by atoms with van der Waals surface area (Å²) in [6.45, 7) is 3.83. The minimum atomic E-state index is -0.0949. The van der Waals surface area contributed by atoms with Crippen LogP contribution in [-0.2, 0) is 0 Å². The highest BCUT2D eigenvalue weighted by atomic mass is 32.1. The van der Waals surface area contributed by atoms with E-state index in [0.29, 0.717) is 10.6 Å². The Labute approximate surface area is 103 Å². The van der Waals surface area contributed by atoms with Gasteiger partial charge in [-0.15, -0.1) is 16.4 Å². The molecule has 2 heterocycles. The number of nitrogens with zero attached hydrogens (tertiary/aromatic N) is 3. The second kappa shape index (κ2) is 3.96. The van der Waals surface area contributed by atoms with Gasteiger partial charge in [-0.05, 0) is 19.4 Å². The van der Waals surface area contributed by atoms with Crippen molar-refractivity contribution in [2.75, 3.05) is 19.8 Å². The number of anilines is 1. The first-order chi connectivity index (χ1) is 7.93. The van der Waals surface area contributed by atoms with Gasteiger partial charge in [-0.2, -0.15) is 5.10 Å². The number of aryl methyl sites for hydroxylation is 2. The number of thiophene rings is 1. The third kappa shape index (κ3) is 1.74. The average molecular weight is 250 g/mol. The van der Waals surface area contributed by atoms with E-state index in [1.807, 2.05) is 13.8 Å². The molecule has 5 nitrogen and oxygen atoms in total. The van der Waals surface area contributed by atoms with Gasteiger partial charge in [0.1, 0.15) is 9.71 Å². The standard InChI is InChI=1S/C11H14N4OS/c1-5-6(2)13-14-10-7(5)8(12)9(17-10)11(16)15(3)4/h12H2,1-4H3. The molecule has 2 aromatic rings. The maximum absolute atomic E-state index is 11.9. The molecule has 0 saturated carbocycles. The van der Waals surface area contributed by atoms with Crippen molar-refractivity contribution >= 4 is 33.1 Å². The van der Waals surface area contributed by atoms with Crippen molar-refractivity contribution in [3.8, 4) is 0 Å². The van der Waals surface area contributed by atoms with Crippen LogP contribution in [0.25, 0.3) is 10.2 Å². The molecule has 2 rings (SSSR count). The zero-order chi connectivity index (χ0) is 12.7. The summed E-state index contributed by atoms with van der Waals surface area (Å²) in [6, 6.07) is 0. The van der Waals surface area contributed by atoms with E-state index >= 15 is 0 Å². The highest BCUT2D eigenvalue weighted by molar-refractivity contribution is 7.21. The molecule has 0 aliphatic carbocycles. The SMILES string of the molecule is Cc1nnc2sc(C(=O)N(C)C)c(N)c2c1C. The first-order valence-corrected chi connectivity index (χ1v) is 5.98. The van der Waals surface area contributed by atoms with Crippen LogP contribution < -0.4 is 5.73 Å².